The molecule has 5 nitrogen and oxygen atoms in total. The van der Waals surface area contributed by atoms with Crippen LogP contribution in [0.1, 0.15) is 18.5 Å². The Labute approximate surface area is 104 Å². The molecule has 1 fully saturated rings. The van der Waals surface area contributed by atoms with Crippen LogP contribution >= 0.6 is 11.3 Å². The lowest BCUT2D eigenvalue weighted by Gasteiger charge is -2.14. The van der Waals surface area contributed by atoms with Crippen molar-refractivity contribution >= 4 is 23.2 Å². The maximum Gasteiger partial charge on any atom is 0.239 e. The van der Waals surface area contributed by atoms with E-state index in [1.807, 2.05) is 5.38 Å². The van der Waals surface area contributed by atoms with E-state index in [4.69, 9.17) is 0 Å². The van der Waals surface area contributed by atoms with Crippen molar-refractivity contribution < 1.29 is 9.59 Å². The minimum absolute atomic E-state index is 0.0830. The number of rotatable bonds is 5. The van der Waals surface area contributed by atoms with E-state index < -0.39 is 0 Å². The van der Waals surface area contributed by atoms with Crippen molar-refractivity contribution in [1.82, 2.24) is 15.2 Å². The Balaban J connectivity index is 1.65. The Morgan fingerprint density at radius 2 is 2.47 bits per heavy atom. The summed E-state index contributed by atoms with van der Waals surface area (Å²) >= 11 is 1.55. The van der Waals surface area contributed by atoms with E-state index in [1.54, 1.807) is 21.7 Å². The van der Waals surface area contributed by atoms with Gasteiger partial charge in [0.15, 0.2) is 0 Å². The van der Waals surface area contributed by atoms with E-state index >= 15 is 0 Å². The monoisotopic (exact) mass is 253 g/mol. The SMILES string of the molecule is O=C(CN1CCCC1=O)NCCc1cscn1. The van der Waals surface area contributed by atoms with Crippen molar-refractivity contribution in [3.63, 3.8) is 0 Å². The van der Waals surface area contributed by atoms with Crippen LogP contribution in [0, 0.1) is 0 Å². The van der Waals surface area contributed by atoms with Crippen molar-refractivity contribution in [2.24, 2.45) is 0 Å². The Morgan fingerprint density at radius 1 is 1.59 bits per heavy atom. The number of amides is 2. The molecule has 0 unspecified atom stereocenters. The van der Waals surface area contributed by atoms with E-state index in [9.17, 15) is 9.59 Å². The summed E-state index contributed by atoms with van der Waals surface area (Å²) in [4.78, 5) is 28.6. The fourth-order valence-corrected chi connectivity index (χ4v) is 2.38. The summed E-state index contributed by atoms with van der Waals surface area (Å²) in [6.07, 6.45) is 2.18. The molecule has 1 aromatic rings. The van der Waals surface area contributed by atoms with Gasteiger partial charge in [-0.25, -0.2) is 4.98 Å². The highest BCUT2D eigenvalue weighted by Crippen LogP contribution is 2.08. The van der Waals surface area contributed by atoms with Gasteiger partial charge in [-0.2, -0.15) is 0 Å². The van der Waals surface area contributed by atoms with Crippen molar-refractivity contribution in [3.8, 4) is 0 Å². The molecule has 0 aromatic carbocycles. The van der Waals surface area contributed by atoms with E-state index in [2.05, 4.69) is 10.3 Å². The summed E-state index contributed by atoms with van der Waals surface area (Å²) in [6, 6.07) is 0. The number of nitrogens with zero attached hydrogens (tertiary/aromatic N) is 2. The van der Waals surface area contributed by atoms with Gasteiger partial charge in [0, 0.05) is 31.3 Å². The average Bonchev–Trinajstić information content (AvgIpc) is 2.92. The molecule has 1 aromatic heterocycles. The smallest absolute Gasteiger partial charge is 0.239 e. The summed E-state index contributed by atoms with van der Waals surface area (Å²) < 4.78 is 0. The summed E-state index contributed by atoms with van der Waals surface area (Å²) in [6.45, 7) is 1.47. The van der Waals surface area contributed by atoms with Crippen LogP contribution in [0.5, 0.6) is 0 Å². The third-order valence-corrected chi connectivity index (χ3v) is 3.33. The lowest BCUT2D eigenvalue weighted by molar-refractivity contribution is -0.133. The molecule has 0 radical (unpaired) electrons. The fraction of sp³-hybridized carbons (Fsp3) is 0.545. The fourth-order valence-electron chi connectivity index (χ4n) is 1.79. The third kappa shape index (κ3) is 3.52. The molecule has 1 aliphatic rings. The van der Waals surface area contributed by atoms with E-state index in [0.717, 1.165) is 18.5 Å². The normalized spacial score (nSPS) is 15.3. The topological polar surface area (TPSA) is 62.3 Å². The Morgan fingerprint density at radius 3 is 3.12 bits per heavy atom. The zero-order valence-electron chi connectivity index (χ0n) is 9.52. The molecule has 1 N–H and O–H groups in total. The van der Waals surface area contributed by atoms with Gasteiger partial charge in [0.05, 0.1) is 17.7 Å². The van der Waals surface area contributed by atoms with Crippen LogP contribution in [0.3, 0.4) is 0 Å². The molecule has 92 valence electrons. The standard InChI is InChI=1S/C11H15N3O2S/c15-10(6-14-5-1-2-11(14)16)12-4-3-9-7-17-8-13-9/h7-8H,1-6H2,(H,12,15). The Bertz CT molecular complexity index is 391. The molecule has 17 heavy (non-hydrogen) atoms. The molecule has 2 amide bonds. The lowest BCUT2D eigenvalue weighted by atomic mass is 10.3. The summed E-state index contributed by atoms with van der Waals surface area (Å²) in [5, 5.41) is 4.77. The van der Waals surface area contributed by atoms with Gasteiger partial charge < -0.3 is 10.2 Å². The Kier molecular flexibility index (Phi) is 4.08. The average molecular weight is 253 g/mol. The van der Waals surface area contributed by atoms with Crippen molar-refractivity contribution in [2.45, 2.75) is 19.3 Å². The molecule has 1 saturated heterocycles. The minimum atomic E-state index is -0.0875. The van der Waals surface area contributed by atoms with Crippen LogP contribution in [0.4, 0.5) is 0 Å². The first kappa shape index (κ1) is 12.0. The van der Waals surface area contributed by atoms with Gasteiger partial charge in [-0.05, 0) is 6.42 Å². The molecule has 1 aliphatic heterocycles. The van der Waals surface area contributed by atoms with Crippen LogP contribution < -0.4 is 5.32 Å². The second kappa shape index (κ2) is 5.77. The number of hydrogen-bond acceptors (Lipinski definition) is 4. The molecule has 2 heterocycles. The van der Waals surface area contributed by atoms with Crippen molar-refractivity contribution in [1.29, 1.82) is 0 Å². The lowest BCUT2D eigenvalue weighted by Crippen LogP contribution is -2.38. The number of hydrogen-bond donors (Lipinski definition) is 1. The molecule has 0 bridgehead atoms. The van der Waals surface area contributed by atoms with E-state index in [-0.39, 0.29) is 18.4 Å². The van der Waals surface area contributed by atoms with Crippen molar-refractivity contribution in [3.05, 3.63) is 16.6 Å². The van der Waals surface area contributed by atoms with Gasteiger partial charge in [-0.1, -0.05) is 0 Å². The highest BCUT2D eigenvalue weighted by Gasteiger charge is 2.21. The zero-order valence-corrected chi connectivity index (χ0v) is 10.3. The molecule has 6 heteroatoms. The molecular formula is C11H15N3O2S. The molecular weight excluding hydrogens is 238 g/mol. The highest BCUT2D eigenvalue weighted by atomic mass is 32.1. The van der Waals surface area contributed by atoms with Gasteiger partial charge in [0.1, 0.15) is 0 Å². The number of carbonyl (C=O) groups is 2. The third-order valence-electron chi connectivity index (χ3n) is 2.69. The van der Waals surface area contributed by atoms with Crippen LogP contribution in [0.15, 0.2) is 10.9 Å². The van der Waals surface area contributed by atoms with Gasteiger partial charge >= 0.3 is 0 Å². The number of thiazole rings is 1. The number of likely N-dealkylation sites (tertiary alicyclic amines) is 1. The highest BCUT2D eigenvalue weighted by molar-refractivity contribution is 7.07. The predicted octanol–water partition coefficient (Wildman–Crippen LogP) is 0.424. The van der Waals surface area contributed by atoms with Crippen LogP contribution in [0.2, 0.25) is 0 Å². The maximum atomic E-state index is 11.6. The second-order valence-corrected chi connectivity index (χ2v) is 4.72. The van der Waals surface area contributed by atoms with Crippen molar-refractivity contribution in [2.75, 3.05) is 19.6 Å². The maximum absolute atomic E-state index is 11.6. The molecule has 0 spiro atoms. The first-order valence-corrected chi connectivity index (χ1v) is 6.61. The molecule has 0 atom stereocenters. The van der Waals surface area contributed by atoms with Gasteiger partial charge in [0.25, 0.3) is 0 Å². The first-order chi connectivity index (χ1) is 8.25. The summed E-state index contributed by atoms with van der Waals surface area (Å²) in [5.41, 5.74) is 2.77. The number of aromatic nitrogens is 1. The Hall–Kier alpha value is -1.43. The minimum Gasteiger partial charge on any atom is -0.354 e. The van der Waals surface area contributed by atoms with Gasteiger partial charge in [-0.15, -0.1) is 11.3 Å². The quantitative estimate of drug-likeness (QED) is 0.827. The largest absolute Gasteiger partial charge is 0.354 e. The van der Waals surface area contributed by atoms with Crippen LogP contribution in [-0.4, -0.2) is 41.3 Å². The van der Waals surface area contributed by atoms with Crippen LogP contribution in [0.25, 0.3) is 0 Å². The van der Waals surface area contributed by atoms with Gasteiger partial charge in [0.2, 0.25) is 11.8 Å². The summed E-state index contributed by atoms with van der Waals surface area (Å²) in [7, 11) is 0. The van der Waals surface area contributed by atoms with E-state index in [0.29, 0.717) is 19.5 Å². The van der Waals surface area contributed by atoms with Gasteiger partial charge in [-0.3, -0.25) is 9.59 Å². The molecule has 2 rings (SSSR count). The first-order valence-electron chi connectivity index (χ1n) is 5.67. The van der Waals surface area contributed by atoms with E-state index in [1.165, 1.54) is 0 Å². The predicted molar refractivity (Wildman–Crippen MR) is 64.6 cm³/mol. The summed E-state index contributed by atoms with van der Waals surface area (Å²) in [5.74, 6) is -0.00451. The second-order valence-electron chi connectivity index (χ2n) is 4.00. The molecule has 0 aliphatic carbocycles. The molecule has 0 saturated carbocycles. The number of carbonyl (C=O) groups excluding carboxylic acids is 2. The number of nitrogens with one attached hydrogen (secondary N) is 1. The van der Waals surface area contributed by atoms with Crippen LogP contribution in [-0.2, 0) is 16.0 Å². The zero-order chi connectivity index (χ0) is 12.1.